The monoisotopic (exact) mass is 400 g/mol. The van der Waals surface area contributed by atoms with E-state index < -0.39 is 18.0 Å². The number of carbonyl (C=O) groups is 2. The van der Waals surface area contributed by atoms with Crippen LogP contribution in [0.25, 0.3) is 0 Å². The molecule has 0 saturated carbocycles. The van der Waals surface area contributed by atoms with Gasteiger partial charge in [-0.2, -0.15) is 0 Å². The number of aryl methyl sites for hydroxylation is 1. The maximum atomic E-state index is 12.3. The summed E-state index contributed by atoms with van der Waals surface area (Å²) in [6, 6.07) is 12.5. The molecule has 6 nitrogen and oxygen atoms in total. The van der Waals surface area contributed by atoms with E-state index in [0.29, 0.717) is 12.2 Å². The Morgan fingerprint density at radius 1 is 1.03 bits per heavy atom. The van der Waals surface area contributed by atoms with E-state index in [-0.39, 0.29) is 19.1 Å². The van der Waals surface area contributed by atoms with Crippen LogP contribution >= 0.6 is 0 Å². The summed E-state index contributed by atoms with van der Waals surface area (Å²) in [5.41, 5.74) is 3.01. The molecule has 0 amide bonds. The molecule has 1 N–H and O–H groups in total. The minimum atomic E-state index is -0.984. The molecule has 0 bridgehead atoms. The maximum absolute atomic E-state index is 12.3. The van der Waals surface area contributed by atoms with Crippen LogP contribution in [0.3, 0.4) is 0 Å². The van der Waals surface area contributed by atoms with E-state index in [2.05, 4.69) is 0 Å². The minimum absolute atomic E-state index is 0.135. The molecule has 156 valence electrons. The third-order valence-electron chi connectivity index (χ3n) is 4.24. The highest BCUT2D eigenvalue weighted by atomic mass is 16.5. The number of benzene rings is 2. The minimum Gasteiger partial charge on any atom is -0.494 e. The van der Waals surface area contributed by atoms with Crippen LogP contribution in [0.15, 0.2) is 42.5 Å². The quantitative estimate of drug-likeness (QED) is 0.603. The number of hydrogen-bond acceptors (Lipinski definition) is 5. The van der Waals surface area contributed by atoms with Crippen LogP contribution in [0.2, 0.25) is 0 Å². The van der Waals surface area contributed by atoms with Gasteiger partial charge in [0, 0.05) is 6.42 Å². The average Bonchev–Trinajstić information content (AvgIpc) is 2.68. The van der Waals surface area contributed by atoms with E-state index in [1.807, 2.05) is 38.1 Å². The molecular weight excluding hydrogens is 372 g/mol. The number of carboxylic acids is 1. The zero-order valence-corrected chi connectivity index (χ0v) is 17.3. The van der Waals surface area contributed by atoms with Gasteiger partial charge in [0.1, 0.15) is 12.4 Å². The Bertz CT molecular complexity index is 826. The Hall–Kier alpha value is -2.86. The fourth-order valence-corrected chi connectivity index (χ4v) is 2.83. The fourth-order valence-electron chi connectivity index (χ4n) is 2.83. The van der Waals surface area contributed by atoms with Gasteiger partial charge in [0.05, 0.1) is 18.3 Å². The van der Waals surface area contributed by atoms with E-state index in [4.69, 9.17) is 14.2 Å². The topological polar surface area (TPSA) is 82.1 Å². The predicted molar refractivity (Wildman–Crippen MR) is 109 cm³/mol. The van der Waals surface area contributed by atoms with Crippen molar-refractivity contribution in [2.75, 3.05) is 6.61 Å². The third kappa shape index (κ3) is 6.91. The largest absolute Gasteiger partial charge is 0.494 e. The van der Waals surface area contributed by atoms with Crippen molar-refractivity contribution in [2.24, 2.45) is 0 Å². The van der Waals surface area contributed by atoms with Crippen molar-refractivity contribution < 1.29 is 28.9 Å². The summed E-state index contributed by atoms with van der Waals surface area (Å²) in [5.74, 6) is -0.639. The van der Waals surface area contributed by atoms with Crippen LogP contribution in [0, 0.1) is 6.92 Å². The number of carboxylic acid groups (broad SMARTS) is 1. The lowest BCUT2D eigenvalue weighted by Gasteiger charge is -2.16. The third-order valence-corrected chi connectivity index (χ3v) is 4.24. The number of carbonyl (C=O) groups excluding carboxylic acids is 1. The van der Waals surface area contributed by atoms with Crippen molar-refractivity contribution in [3.8, 4) is 5.75 Å². The van der Waals surface area contributed by atoms with Gasteiger partial charge in [-0.15, -0.1) is 0 Å². The second-order valence-electron chi connectivity index (χ2n) is 7.02. The van der Waals surface area contributed by atoms with Crippen LogP contribution in [0.4, 0.5) is 0 Å². The van der Waals surface area contributed by atoms with Crippen LogP contribution < -0.4 is 4.74 Å². The molecule has 0 aromatic heterocycles. The van der Waals surface area contributed by atoms with E-state index >= 15 is 0 Å². The molecule has 0 radical (unpaired) electrons. The van der Waals surface area contributed by atoms with Crippen molar-refractivity contribution in [1.29, 1.82) is 0 Å². The lowest BCUT2D eigenvalue weighted by molar-refractivity contribution is -0.153. The lowest BCUT2D eigenvalue weighted by atomic mass is 10.1. The predicted octanol–water partition coefficient (Wildman–Crippen LogP) is 4.17. The zero-order chi connectivity index (χ0) is 21.4. The molecule has 2 aromatic rings. The molecule has 6 heteroatoms. The van der Waals surface area contributed by atoms with Gasteiger partial charge in [0.25, 0.3) is 0 Å². The molecule has 2 aromatic carbocycles. The van der Waals surface area contributed by atoms with Gasteiger partial charge in [-0.25, -0.2) is 9.59 Å². The summed E-state index contributed by atoms with van der Waals surface area (Å²) in [6.07, 6.45) is -0.776. The summed E-state index contributed by atoms with van der Waals surface area (Å²) in [7, 11) is 0. The molecule has 1 unspecified atom stereocenters. The Morgan fingerprint density at radius 2 is 1.69 bits per heavy atom. The Labute approximate surface area is 171 Å². The van der Waals surface area contributed by atoms with Gasteiger partial charge >= 0.3 is 11.9 Å². The van der Waals surface area contributed by atoms with Crippen LogP contribution in [0.1, 0.15) is 47.8 Å². The molecule has 0 aliphatic rings. The molecule has 0 aliphatic carbocycles. The summed E-state index contributed by atoms with van der Waals surface area (Å²) in [5, 5.41) is 9.27. The summed E-state index contributed by atoms with van der Waals surface area (Å²) >= 11 is 0. The van der Waals surface area contributed by atoms with Gasteiger partial charge in [0.2, 0.25) is 0 Å². The van der Waals surface area contributed by atoms with Crippen molar-refractivity contribution >= 4 is 11.9 Å². The number of esters is 1. The molecule has 0 fully saturated rings. The first-order chi connectivity index (χ1) is 13.8. The smallest absolute Gasteiger partial charge is 0.338 e. The van der Waals surface area contributed by atoms with E-state index in [0.717, 1.165) is 22.4 Å². The van der Waals surface area contributed by atoms with E-state index in [1.165, 1.54) is 0 Å². The molecule has 0 aliphatic heterocycles. The highest BCUT2D eigenvalue weighted by Gasteiger charge is 2.20. The van der Waals surface area contributed by atoms with Gasteiger partial charge in [-0.3, -0.25) is 0 Å². The van der Waals surface area contributed by atoms with E-state index in [1.54, 1.807) is 32.0 Å². The number of hydrogen-bond donors (Lipinski definition) is 1. The molecule has 0 saturated heterocycles. The maximum Gasteiger partial charge on any atom is 0.338 e. The van der Waals surface area contributed by atoms with Crippen molar-refractivity contribution in [1.82, 2.24) is 0 Å². The first-order valence-corrected chi connectivity index (χ1v) is 9.66. The van der Waals surface area contributed by atoms with Crippen LogP contribution in [-0.2, 0) is 27.3 Å². The van der Waals surface area contributed by atoms with Crippen LogP contribution in [0.5, 0.6) is 5.75 Å². The van der Waals surface area contributed by atoms with Crippen molar-refractivity contribution in [3.63, 3.8) is 0 Å². The Morgan fingerprint density at radius 3 is 2.24 bits per heavy atom. The van der Waals surface area contributed by atoms with Gasteiger partial charge in [-0.1, -0.05) is 24.3 Å². The summed E-state index contributed by atoms with van der Waals surface area (Å²) < 4.78 is 16.3. The van der Waals surface area contributed by atoms with Crippen LogP contribution in [-0.4, -0.2) is 35.9 Å². The zero-order valence-electron chi connectivity index (χ0n) is 17.3. The van der Waals surface area contributed by atoms with Gasteiger partial charge < -0.3 is 19.3 Å². The number of rotatable bonds is 10. The first-order valence-electron chi connectivity index (χ1n) is 9.66. The summed E-state index contributed by atoms with van der Waals surface area (Å²) in [6.45, 7) is 8.10. The van der Waals surface area contributed by atoms with E-state index in [9.17, 15) is 14.7 Å². The van der Waals surface area contributed by atoms with Gasteiger partial charge in [-0.05, 0) is 62.6 Å². The number of aliphatic carboxylic acids is 1. The molecule has 2 rings (SSSR count). The molecule has 1 atom stereocenters. The average molecular weight is 400 g/mol. The normalized spacial score (nSPS) is 11.9. The van der Waals surface area contributed by atoms with Crippen molar-refractivity contribution in [3.05, 3.63) is 64.7 Å². The molecule has 0 spiro atoms. The summed E-state index contributed by atoms with van der Waals surface area (Å²) in [4.78, 5) is 23.6. The fraction of sp³-hybridized carbons (Fsp3) is 0.391. The highest BCUT2D eigenvalue weighted by Crippen LogP contribution is 2.20. The first kappa shape index (κ1) is 22.4. The SMILES string of the molecule is CCOc1ccc(C(=O)OCc2ccc(CC(OC(C)C)C(=O)O)cc2)cc1C. The highest BCUT2D eigenvalue weighted by molar-refractivity contribution is 5.89. The second-order valence-corrected chi connectivity index (χ2v) is 7.02. The second kappa shape index (κ2) is 10.6. The van der Waals surface area contributed by atoms with Crippen molar-refractivity contribution in [2.45, 2.75) is 52.9 Å². The number of ether oxygens (including phenoxy) is 3. The standard InChI is InChI=1S/C23H28O6/c1-5-27-20-11-10-19(12-16(20)4)23(26)28-14-18-8-6-17(7-9-18)13-21(22(24)25)29-15(2)3/h6-12,15,21H,5,13-14H2,1-4H3,(H,24,25). The molecule has 0 heterocycles. The Kier molecular flexibility index (Phi) is 8.21. The van der Waals surface area contributed by atoms with Gasteiger partial charge in [0.15, 0.2) is 6.10 Å². The lowest BCUT2D eigenvalue weighted by Crippen LogP contribution is -2.29. The Balaban J connectivity index is 1.93. The molecular formula is C23H28O6. The molecule has 29 heavy (non-hydrogen) atoms.